The Morgan fingerprint density at radius 2 is 1.13 bits per heavy atom. The third-order valence-electron chi connectivity index (χ3n) is 8.48. The van der Waals surface area contributed by atoms with Gasteiger partial charge < -0.3 is 64.2 Å². The van der Waals surface area contributed by atoms with Gasteiger partial charge in [0.25, 0.3) is 0 Å². The minimum absolute atomic E-state index is 0.0819. The highest BCUT2D eigenvalue weighted by Gasteiger charge is 2.47. The molecule has 0 aromatic carbocycles. The summed E-state index contributed by atoms with van der Waals surface area (Å²) in [5, 5.41) is 71.1. The average molecular weight is 771 g/mol. The van der Waals surface area contributed by atoms with Crippen LogP contribution < -0.4 is 0 Å². The standard InChI is InChI=1S/C39H62O15/c1-3-5-6-7-8-9-10-11-12-13-14-15-16-17-18-19-20-22-31(42)52-27(24-49-30(41)21-4-2)25-50-38-37(48)35(46)33(44)29(54-38)26-51-39-36(47)34(45)32(43)28(23-40)53-39/h5-6,8-9,11-12,14-15,17-18,27-29,32-40,43-48H,3-4,7,10,13,16,19-26H2,1-2H3/b6-5-,9-8-,12-11-,15-14-,18-17-. The van der Waals surface area contributed by atoms with Gasteiger partial charge >= 0.3 is 11.9 Å². The van der Waals surface area contributed by atoms with Crippen LogP contribution in [0.5, 0.6) is 0 Å². The highest BCUT2D eigenvalue weighted by atomic mass is 16.7. The van der Waals surface area contributed by atoms with E-state index in [4.69, 9.17) is 28.4 Å². The van der Waals surface area contributed by atoms with Crippen LogP contribution in [0, 0.1) is 0 Å². The molecule has 11 atom stereocenters. The number of allylic oxidation sites excluding steroid dienone is 10. The van der Waals surface area contributed by atoms with Crippen molar-refractivity contribution in [2.24, 2.45) is 0 Å². The molecule has 2 fully saturated rings. The molecule has 7 N–H and O–H groups in total. The van der Waals surface area contributed by atoms with E-state index in [1.165, 1.54) is 0 Å². The molecule has 15 heteroatoms. The van der Waals surface area contributed by atoms with Gasteiger partial charge in [0.1, 0.15) is 55.4 Å². The number of unbranched alkanes of at least 4 members (excludes halogenated alkanes) is 1. The summed E-state index contributed by atoms with van der Waals surface area (Å²) < 4.78 is 32.7. The van der Waals surface area contributed by atoms with Crippen LogP contribution in [0.2, 0.25) is 0 Å². The summed E-state index contributed by atoms with van der Waals surface area (Å²) in [6.07, 6.45) is 10.6. The van der Waals surface area contributed by atoms with Crippen molar-refractivity contribution in [2.75, 3.05) is 26.4 Å². The van der Waals surface area contributed by atoms with Crippen molar-refractivity contribution < 1.29 is 73.8 Å². The normalized spacial score (nSPS) is 29.9. The van der Waals surface area contributed by atoms with Gasteiger partial charge in [-0.15, -0.1) is 0 Å². The Labute approximate surface area is 318 Å². The number of esters is 2. The Morgan fingerprint density at radius 3 is 1.69 bits per heavy atom. The molecule has 0 amide bonds. The Hall–Kier alpha value is -2.80. The zero-order valence-electron chi connectivity index (χ0n) is 31.4. The van der Waals surface area contributed by atoms with Gasteiger partial charge in [0.05, 0.1) is 19.8 Å². The molecule has 308 valence electrons. The second-order valence-corrected chi connectivity index (χ2v) is 13.0. The molecule has 15 nitrogen and oxygen atoms in total. The smallest absolute Gasteiger partial charge is 0.306 e. The topological polar surface area (TPSA) is 231 Å². The number of ether oxygens (including phenoxy) is 6. The van der Waals surface area contributed by atoms with Gasteiger partial charge in [-0.25, -0.2) is 0 Å². The molecule has 0 aromatic heterocycles. The van der Waals surface area contributed by atoms with Crippen molar-refractivity contribution in [2.45, 2.75) is 146 Å². The Balaban J connectivity index is 1.82. The number of aliphatic hydroxyl groups is 7. The molecule has 0 spiro atoms. The Morgan fingerprint density at radius 1 is 0.611 bits per heavy atom. The van der Waals surface area contributed by atoms with E-state index in [-0.39, 0.29) is 19.4 Å². The largest absolute Gasteiger partial charge is 0.462 e. The summed E-state index contributed by atoms with van der Waals surface area (Å²) in [7, 11) is 0. The second-order valence-electron chi connectivity index (χ2n) is 13.0. The summed E-state index contributed by atoms with van der Waals surface area (Å²) in [5.41, 5.74) is 0. The molecule has 0 aromatic rings. The predicted molar refractivity (Wildman–Crippen MR) is 196 cm³/mol. The quantitative estimate of drug-likeness (QED) is 0.0399. The van der Waals surface area contributed by atoms with Crippen LogP contribution in [0.25, 0.3) is 0 Å². The lowest BCUT2D eigenvalue weighted by atomic mass is 9.98. The zero-order chi connectivity index (χ0) is 39.7. The van der Waals surface area contributed by atoms with E-state index in [1.54, 1.807) is 6.92 Å². The first kappa shape index (κ1) is 47.4. The molecule has 0 bridgehead atoms. The van der Waals surface area contributed by atoms with Crippen molar-refractivity contribution in [3.8, 4) is 0 Å². The molecule has 2 heterocycles. The molecule has 11 unspecified atom stereocenters. The number of aliphatic hydroxyl groups excluding tert-OH is 7. The fraction of sp³-hybridized carbons (Fsp3) is 0.692. The van der Waals surface area contributed by atoms with Gasteiger partial charge in [0.15, 0.2) is 18.7 Å². The lowest BCUT2D eigenvalue weighted by molar-refractivity contribution is -0.332. The van der Waals surface area contributed by atoms with Crippen molar-refractivity contribution in [1.82, 2.24) is 0 Å². The van der Waals surface area contributed by atoms with Crippen molar-refractivity contribution in [1.29, 1.82) is 0 Å². The van der Waals surface area contributed by atoms with E-state index in [2.05, 4.69) is 55.5 Å². The van der Waals surface area contributed by atoms with Crippen molar-refractivity contribution in [3.05, 3.63) is 60.8 Å². The molecular formula is C39H62O15. The fourth-order valence-electron chi connectivity index (χ4n) is 5.34. The van der Waals surface area contributed by atoms with Crippen LogP contribution in [0.3, 0.4) is 0 Å². The van der Waals surface area contributed by atoms with E-state index in [1.807, 2.05) is 12.2 Å². The van der Waals surface area contributed by atoms with E-state index in [9.17, 15) is 45.3 Å². The molecule has 2 saturated heterocycles. The SMILES string of the molecule is CC/C=C\C/C=C\C/C=C\C/C=C\C/C=C\CCCC(=O)OC(COC(=O)CCC)COC1OC(COC2OC(CO)C(O)C(O)C2O)C(O)C(O)C1O. The minimum atomic E-state index is -1.77. The average Bonchev–Trinajstić information content (AvgIpc) is 3.16. The van der Waals surface area contributed by atoms with Crippen molar-refractivity contribution in [3.63, 3.8) is 0 Å². The summed E-state index contributed by atoms with van der Waals surface area (Å²) in [6, 6.07) is 0. The lowest BCUT2D eigenvalue weighted by Gasteiger charge is -2.42. The van der Waals surface area contributed by atoms with Crippen LogP contribution in [-0.2, 0) is 38.0 Å². The molecule has 0 saturated carbocycles. The first-order valence-electron chi connectivity index (χ1n) is 18.9. The number of hydrogen-bond donors (Lipinski definition) is 7. The lowest BCUT2D eigenvalue weighted by Crippen LogP contribution is -2.61. The molecule has 0 radical (unpaired) electrons. The van der Waals surface area contributed by atoms with Gasteiger partial charge in [0, 0.05) is 12.8 Å². The van der Waals surface area contributed by atoms with Crippen LogP contribution in [0.1, 0.15) is 78.1 Å². The summed E-state index contributed by atoms with van der Waals surface area (Å²) >= 11 is 0. The molecule has 2 aliphatic heterocycles. The van der Waals surface area contributed by atoms with Gasteiger partial charge in [-0.2, -0.15) is 0 Å². The highest BCUT2D eigenvalue weighted by molar-refractivity contribution is 5.70. The molecular weight excluding hydrogens is 708 g/mol. The van der Waals surface area contributed by atoms with Gasteiger partial charge in [-0.1, -0.05) is 74.6 Å². The highest BCUT2D eigenvalue weighted by Crippen LogP contribution is 2.26. The first-order chi connectivity index (χ1) is 26.0. The van der Waals surface area contributed by atoms with E-state index >= 15 is 0 Å². The molecule has 0 aliphatic carbocycles. The predicted octanol–water partition coefficient (Wildman–Crippen LogP) is 1.80. The summed E-state index contributed by atoms with van der Waals surface area (Å²) in [4.78, 5) is 24.7. The van der Waals surface area contributed by atoms with Gasteiger partial charge in [-0.3, -0.25) is 9.59 Å². The number of rotatable bonds is 25. The molecule has 54 heavy (non-hydrogen) atoms. The monoisotopic (exact) mass is 770 g/mol. The van der Waals surface area contributed by atoms with E-state index < -0.39 is 99.3 Å². The van der Waals surface area contributed by atoms with E-state index in [0.29, 0.717) is 19.3 Å². The van der Waals surface area contributed by atoms with Crippen LogP contribution in [0.4, 0.5) is 0 Å². The van der Waals surface area contributed by atoms with Crippen LogP contribution in [-0.4, -0.2) is 142 Å². The number of carbonyl (C=O) groups excluding carboxylic acids is 2. The second kappa shape index (κ2) is 27.7. The van der Waals surface area contributed by atoms with Gasteiger partial charge in [-0.05, 0) is 51.4 Å². The molecule has 2 aliphatic rings. The summed E-state index contributed by atoms with van der Waals surface area (Å²) in [5.74, 6) is -1.07. The van der Waals surface area contributed by atoms with Crippen LogP contribution in [0.15, 0.2) is 60.8 Å². The maximum Gasteiger partial charge on any atom is 0.306 e. The Bertz CT molecular complexity index is 1180. The molecule has 2 rings (SSSR count). The third-order valence-corrected chi connectivity index (χ3v) is 8.48. The Kier molecular flexibility index (Phi) is 24.3. The minimum Gasteiger partial charge on any atom is -0.462 e. The summed E-state index contributed by atoms with van der Waals surface area (Å²) in [6.45, 7) is 1.95. The fourth-order valence-corrected chi connectivity index (χ4v) is 5.34. The zero-order valence-corrected chi connectivity index (χ0v) is 31.4. The van der Waals surface area contributed by atoms with Crippen molar-refractivity contribution >= 4 is 11.9 Å². The van der Waals surface area contributed by atoms with Gasteiger partial charge in [0.2, 0.25) is 0 Å². The van der Waals surface area contributed by atoms with Crippen LogP contribution >= 0.6 is 0 Å². The maximum atomic E-state index is 12.7. The number of hydrogen-bond acceptors (Lipinski definition) is 15. The third kappa shape index (κ3) is 17.8. The maximum absolute atomic E-state index is 12.7. The van der Waals surface area contributed by atoms with E-state index in [0.717, 1.165) is 32.1 Å². The first-order valence-corrected chi connectivity index (χ1v) is 18.9. The number of carbonyl (C=O) groups is 2.